The molecule has 1 atom stereocenters. The number of hydrogen-bond acceptors (Lipinski definition) is 4. The van der Waals surface area contributed by atoms with Gasteiger partial charge in [0, 0.05) is 7.05 Å². The lowest BCUT2D eigenvalue weighted by Crippen LogP contribution is -2.51. The third kappa shape index (κ3) is 4.19. The molecular formula is C19H17F3N2O4. The first kappa shape index (κ1) is 19.5. The summed E-state index contributed by atoms with van der Waals surface area (Å²) in [5.41, 5.74) is -0.408. The van der Waals surface area contributed by atoms with Crippen LogP contribution in [-0.2, 0) is 15.8 Å². The molecule has 0 saturated heterocycles. The number of ether oxygens (including phenoxy) is 2. The summed E-state index contributed by atoms with van der Waals surface area (Å²) >= 11 is 0. The number of likely N-dealkylation sites (N-methyl/N-ethyl adjacent to an activating group) is 1. The molecule has 2 amide bonds. The Morgan fingerprint density at radius 3 is 2.68 bits per heavy atom. The van der Waals surface area contributed by atoms with Gasteiger partial charge in [-0.05, 0) is 30.3 Å². The lowest BCUT2D eigenvalue weighted by Gasteiger charge is -2.33. The van der Waals surface area contributed by atoms with Crippen molar-refractivity contribution in [3.63, 3.8) is 0 Å². The molecular weight excluding hydrogens is 377 g/mol. The SMILES string of the molecule is CNC(=O)[C@H]1CN(C(=O)COc2cccc(C(F)(F)F)c2)c2ccccc2O1. The minimum Gasteiger partial charge on any atom is -0.484 e. The third-order valence-corrected chi connectivity index (χ3v) is 4.14. The number of anilines is 1. The number of amides is 2. The summed E-state index contributed by atoms with van der Waals surface area (Å²) in [7, 11) is 1.45. The van der Waals surface area contributed by atoms with Gasteiger partial charge in [0.2, 0.25) is 0 Å². The van der Waals surface area contributed by atoms with E-state index in [1.807, 2.05) is 0 Å². The van der Waals surface area contributed by atoms with E-state index < -0.39 is 36.3 Å². The summed E-state index contributed by atoms with van der Waals surface area (Å²) in [6, 6.07) is 11.0. The molecule has 3 rings (SSSR count). The minimum atomic E-state index is -4.51. The van der Waals surface area contributed by atoms with E-state index in [1.54, 1.807) is 24.3 Å². The van der Waals surface area contributed by atoms with Crippen molar-refractivity contribution < 1.29 is 32.2 Å². The molecule has 148 valence electrons. The maximum atomic E-state index is 12.8. The van der Waals surface area contributed by atoms with Crippen molar-refractivity contribution in [1.29, 1.82) is 0 Å². The monoisotopic (exact) mass is 394 g/mol. The highest BCUT2D eigenvalue weighted by Gasteiger charge is 2.34. The topological polar surface area (TPSA) is 67.9 Å². The normalized spacial score (nSPS) is 16.0. The van der Waals surface area contributed by atoms with Crippen molar-refractivity contribution in [2.45, 2.75) is 12.3 Å². The summed E-state index contributed by atoms with van der Waals surface area (Å²) in [6.45, 7) is -0.530. The van der Waals surface area contributed by atoms with E-state index in [0.29, 0.717) is 11.4 Å². The fourth-order valence-electron chi connectivity index (χ4n) is 2.75. The highest BCUT2D eigenvalue weighted by Crippen LogP contribution is 2.34. The Balaban J connectivity index is 1.75. The zero-order valence-corrected chi connectivity index (χ0v) is 14.8. The minimum absolute atomic E-state index is 0.0402. The van der Waals surface area contributed by atoms with Crippen LogP contribution in [0.2, 0.25) is 0 Å². The van der Waals surface area contributed by atoms with E-state index in [9.17, 15) is 22.8 Å². The largest absolute Gasteiger partial charge is 0.484 e. The van der Waals surface area contributed by atoms with Crippen molar-refractivity contribution in [2.75, 3.05) is 25.1 Å². The fraction of sp³-hybridized carbons (Fsp3) is 0.263. The molecule has 0 bridgehead atoms. The van der Waals surface area contributed by atoms with Crippen LogP contribution < -0.4 is 19.7 Å². The standard InChI is InChI=1S/C19H17F3N2O4/c1-23-18(26)16-10-24(14-7-2-3-8-15(14)28-16)17(25)11-27-13-6-4-5-12(9-13)19(20,21)22/h2-9,16H,10-11H2,1H3,(H,23,26)/t16-/m1/s1. The van der Waals surface area contributed by atoms with E-state index in [2.05, 4.69) is 5.32 Å². The van der Waals surface area contributed by atoms with Gasteiger partial charge in [0.15, 0.2) is 12.7 Å². The summed E-state index contributed by atoms with van der Waals surface area (Å²) in [5, 5.41) is 2.46. The van der Waals surface area contributed by atoms with Crippen LogP contribution in [0.5, 0.6) is 11.5 Å². The van der Waals surface area contributed by atoms with Gasteiger partial charge in [-0.15, -0.1) is 0 Å². The van der Waals surface area contributed by atoms with Gasteiger partial charge in [-0.25, -0.2) is 0 Å². The molecule has 0 saturated carbocycles. The van der Waals surface area contributed by atoms with Crippen molar-refractivity contribution in [3.8, 4) is 11.5 Å². The first-order valence-electron chi connectivity index (χ1n) is 8.37. The second-order valence-electron chi connectivity index (χ2n) is 6.01. The van der Waals surface area contributed by atoms with Gasteiger partial charge in [0.05, 0.1) is 17.8 Å². The Morgan fingerprint density at radius 1 is 1.21 bits per heavy atom. The molecule has 6 nitrogen and oxygen atoms in total. The molecule has 0 radical (unpaired) electrons. The number of carbonyl (C=O) groups is 2. The highest BCUT2D eigenvalue weighted by molar-refractivity contribution is 5.98. The van der Waals surface area contributed by atoms with Gasteiger partial charge in [0.25, 0.3) is 11.8 Å². The zero-order chi connectivity index (χ0) is 20.3. The van der Waals surface area contributed by atoms with Crippen LogP contribution >= 0.6 is 0 Å². The molecule has 1 N–H and O–H groups in total. The van der Waals surface area contributed by atoms with E-state index >= 15 is 0 Å². The number of nitrogens with one attached hydrogen (secondary N) is 1. The predicted molar refractivity (Wildman–Crippen MR) is 94.2 cm³/mol. The molecule has 0 aromatic heterocycles. The average Bonchev–Trinajstić information content (AvgIpc) is 2.70. The Hall–Kier alpha value is -3.23. The number of benzene rings is 2. The van der Waals surface area contributed by atoms with Crippen LogP contribution in [0.1, 0.15) is 5.56 Å². The van der Waals surface area contributed by atoms with Crippen LogP contribution in [0.25, 0.3) is 0 Å². The first-order valence-corrected chi connectivity index (χ1v) is 8.37. The number of rotatable bonds is 4. The number of carbonyl (C=O) groups excluding carboxylic acids is 2. The molecule has 1 aliphatic rings. The second-order valence-corrected chi connectivity index (χ2v) is 6.01. The van der Waals surface area contributed by atoms with E-state index in [0.717, 1.165) is 12.1 Å². The van der Waals surface area contributed by atoms with Gasteiger partial charge in [-0.2, -0.15) is 13.2 Å². The van der Waals surface area contributed by atoms with Crippen molar-refractivity contribution >= 4 is 17.5 Å². The van der Waals surface area contributed by atoms with Crippen LogP contribution in [0.3, 0.4) is 0 Å². The van der Waals surface area contributed by atoms with Crippen LogP contribution in [0, 0.1) is 0 Å². The molecule has 0 fully saturated rings. The summed E-state index contributed by atoms with van der Waals surface area (Å²) in [5.74, 6) is -0.629. The molecule has 9 heteroatoms. The third-order valence-electron chi connectivity index (χ3n) is 4.14. The molecule has 2 aromatic rings. The Kier molecular flexibility index (Phi) is 5.43. The van der Waals surface area contributed by atoms with E-state index in [1.165, 1.54) is 24.1 Å². The maximum absolute atomic E-state index is 12.8. The number of para-hydroxylation sites is 2. The molecule has 1 aliphatic heterocycles. The average molecular weight is 394 g/mol. The second kappa shape index (κ2) is 7.79. The van der Waals surface area contributed by atoms with Crippen molar-refractivity contribution in [2.24, 2.45) is 0 Å². The smallest absolute Gasteiger partial charge is 0.416 e. The quantitative estimate of drug-likeness (QED) is 0.866. The van der Waals surface area contributed by atoms with E-state index in [-0.39, 0.29) is 12.3 Å². The fourth-order valence-corrected chi connectivity index (χ4v) is 2.75. The highest BCUT2D eigenvalue weighted by atomic mass is 19.4. The molecule has 1 heterocycles. The molecule has 28 heavy (non-hydrogen) atoms. The first-order chi connectivity index (χ1) is 13.3. The summed E-state index contributed by atoms with van der Waals surface area (Å²) < 4.78 is 49.2. The van der Waals surface area contributed by atoms with Crippen LogP contribution in [0.15, 0.2) is 48.5 Å². The molecule has 0 spiro atoms. The number of nitrogens with zero attached hydrogens (tertiary/aromatic N) is 1. The van der Waals surface area contributed by atoms with Crippen LogP contribution in [0.4, 0.5) is 18.9 Å². The van der Waals surface area contributed by atoms with Crippen molar-refractivity contribution in [3.05, 3.63) is 54.1 Å². The van der Waals surface area contributed by atoms with Gasteiger partial charge in [-0.1, -0.05) is 18.2 Å². The molecule has 0 aliphatic carbocycles. The van der Waals surface area contributed by atoms with Gasteiger partial charge < -0.3 is 19.7 Å². The lowest BCUT2D eigenvalue weighted by atomic mass is 10.1. The summed E-state index contributed by atoms with van der Waals surface area (Å²) in [4.78, 5) is 25.9. The van der Waals surface area contributed by atoms with Crippen molar-refractivity contribution in [1.82, 2.24) is 5.32 Å². The van der Waals surface area contributed by atoms with Gasteiger partial charge in [0.1, 0.15) is 11.5 Å². The summed E-state index contributed by atoms with van der Waals surface area (Å²) in [6.07, 6.45) is -5.41. The molecule has 0 unspecified atom stereocenters. The number of fused-ring (bicyclic) bond motifs is 1. The Morgan fingerprint density at radius 2 is 1.96 bits per heavy atom. The predicted octanol–water partition coefficient (Wildman–Crippen LogP) is 2.62. The zero-order valence-electron chi connectivity index (χ0n) is 14.8. The Labute approximate surface area is 158 Å². The number of halogens is 3. The van der Waals surface area contributed by atoms with Gasteiger partial charge in [-0.3, -0.25) is 9.59 Å². The lowest BCUT2D eigenvalue weighted by molar-refractivity contribution is -0.137. The number of hydrogen-bond donors (Lipinski definition) is 1. The Bertz CT molecular complexity index is 885. The number of alkyl halides is 3. The molecule has 2 aromatic carbocycles. The van der Waals surface area contributed by atoms with Crippen LogP contribution in [-0.4, -0.2) is 38.1 Å². The van der Waals surface area contributed by atoms with Gasteiger partial charge >= 0.3 is 6.18 Å². The van der Waals surface area contributed by atoms with E-state index in [4.69, 9.17) is 9.47 Å². The maximum Gasteiger partial charge on any atom is 0.416 e.